The van der Waals surface area contributed by atoms with E-state index in [-0.39, 0.29) is 17.5 Å². The third kappa shape index (κ3) is 8.15. The Labute approximate surface area is 209 Å². The van der Waals surface area contributed by atoms with Gasteiger partial charge in [0.15, 0.2) is 5.82 Å². The minimum Gasteiger partial charge on any atom is -0.478 e. The molecule has 0 radical (unpaired) electrons. The molecule has 1 aromatic heterocycles. The van der Waals surface area contributed by atoms with Crippen LogP contribution in [0.25, 0.3) is 11.4 Å². The summed E-state index contributed by atoms with van der Waals surface area (Å²) in [5.41, 5.74) is 1.46. The summed E-state index contributed by atoms with van der Waals surface area (Å²) in [4.78, 5) is 33.7. The smallest absolute Gasteiger partial charge is 0.335 e. The molecule has 1 aromatic carbocycles. The monoisotopic (exact) mass is 480 g/mol. The lowest BCUT2D eigenvalue weighted by Gasteiger charge is -2.27. The highest BCUT2D eigenvalue weighted by Gasteiger charge is 2.28. The first-order chi connectivity index (χ1) is 17.0. The van der Waals surface area contributed by atoms with Crippen molar-refractivity contribution in [1.29, 1.82) is 0 Å². The van der Waals surface area contributed by atoms with Gasteiger partial charge in [0, 0.05) is 11.9 Å². The first kappa shape index (κ1) is 26.8. The molecule has 0 saturated heterocycles. The standard InChI is InChI=1S/C29H40N2O4/c1-3-5-7-9-10-21-12-14-22(15-13-21)29(34)35-26-17-16-23(28(32)33)20-25(26)27-30-19-18-24(31-27)11-8-6-4-2/h16-22H,3-15H2,1-2H3,(H,32,33). The Balaban J connectivity index is 1.69. The van der Waals surface area contributed by atoms with Crippen molar-refractivity contribution in [2.45, 2.75) is 97.3 Å². The Morgan fingerprint density at radius 2 is 1.71 bits per heavy atom. The Kier molecular flexibility index (Phi) is 10.7. The maximum absolute atomic E-state index is 13.0. The van der Waals surface area contributed by atoms with Crippen molar-refractivity contribution in [2.24, 2.45) is 11.8 Å². The fourth-order valence-corrected chi connectivity index (χ4v) is 4.89. The number of hydrogen-bond acceptors (Lipinski definition) is 5. The summed E-state index contributed by atoms with van der Waals surface area (Å²) in [7, 11) is 0. The SMILES string of the molecule is CCCCCCC1CCC(C(=O)Oc2ccc(C(=O)O)cc2-c2nccc(CCCCC)n2)CC1. The van der Waals surface area contributed by atoms with Gasteiger partial charge in [0.05, 0.1) is 17.0 Å². The number of ether oxygens (including phenoxy) is 1. The van der Waals surface area contributed by atoms with Crippen LogP contribution in [-0.2, 0) is 11.2 Å². The van der Waals surface area contributed by atoms with Crippen LogP contribution in [0, 0.1) is 11.8 Å². The van der Waals surface area contributed by atoms with Crippen LogP contribution in [0.3, 0.4) is 0 Å². The number of aromatic carboxylic acids is 1. The van der Waals surface area contributed by atoms with Crippen molar-refractivity contribution >= 4 is 11.9 Å². The second kappa shape index (κ2) is 14.0. The highest BCUT2D eigenvalue weighted by Crippen LogP contribution is 2.35. The lowest BCUT2D eigenvalue weighted by molar-refractivity contribution is -0.140. The van der Waals surface area contributed by atoms with Gasteiger partial charge in [0.2, 0.25) is 0 Å². The number of benzene rings is 1. The summed E-state index contributed by atoms with van der Waals surface area (Å²) in [6.07, 6.45) is 16.0. The van der Waals surface area contributed by atoms with E-state index in [1.165, 1.54) is 44.2 Å². The molecule has 1 N–H and O–H groups in total. The zero-order chi connectivity index (χ0) is 25.0. The normalized spacial score (nSPS) is 17.8. The Morgan fingerprint density at radius 3 is 2.43 bits per heavy atom. The van der Waals surface area contributed by atoms with Crippen molar-refractivity contribution in [3.05, 3.63) is 41.7 Å². The predicted molar refractivity (Wildman–Crippen MR) is 137 cm³/mol. The molecule has 0 unspecified atom stereocenters. The number of carbonyl (C=O) groups excluding carboxylic acids is 1. The number of aryl methyl sites for hydroxylation is 1. The molecule has 3 rings (SSSR count). The number of unbranched alkanes of at least 4 members (excludes halogenated alkanes) is 5. The van der Waals surface area contributed by atoms with Crippen molar-refractivity contribution < 1.29 is 19.4 Å². The molecule has 35 heavy (non-hydrogen) atoms. The van der Waals surface area contributed by atoms with Gasteiger partial charge < -0.3 is 9.84 Å². The molecule has 0 spiro atoms. The number of carboxylic acids is 1. The molecule has 0 atom stereocenters. The highest BCUT2D eigenvalue weighted by atomic mass is 16.5. The first-order valence-corrected chi connectivity index (χ1v) is 13.4. The van der Waals surface area contributed by atoms with E-state index in [4.69, 9.17) is 4.74 Å². The number of esters is 1. The minimum atomic E-state index is -1.04. The summed E-state index contributed by atoms with van der Waals surface area (Å²) in [6, 6.07) is 6.41. The number of rotatable bonds is 13. The molecule has 0 bridgehead atoms. The second-order valence-electron chi connectivity index (χ2n) is 9.83. The lowest BCUT2D eigenvalue weighted by atomic mass is 9.80. The molecule has 1 saturated carbocycles. The van der Waals surface area contributed by atoms with Gasteiger partial charge in [-0.3, -0.25) is 4.79 Å². The predicted octanol–water partition coefficient (Wildman–Crippen LogP) is 7.26. The van der Waals surface area contributed by atoms with Gasteiger partial charge in [-0.15, -0.1) is 0 Å². The molecular formula is C29H40N2O4. The molecule has 1 aliphatic rings. The second-order valence-corrected chi connectivity index (χ2v) is 9.83. The Bertz CT molecular complexity index is 967. The summed E-state index contributed by atoms with van der Waals surface area (Å²) in [5.74, 6) is 0.0341. The van der Waals surface area contributed by atoms with E-state index in [0.717, 1.165) is 57.1 Å². The van der Waals surface area contributed by atoms with E-state index >= 15 is 0 Å². The van der Waals surface area contributed by atoms with Crippen LogP contribution in [0.5, 0.6) is 5.75 Å². The van der Waals surface area contributed by atoms with Crippen molar-refractivity contribution in [3.63, 3.8) is 0 Å². The van der Waals surface area contributed by atoms with Crippen molar-refractivity contribution in [3.8, 4) is 17.1 Å². The van der Waals surface area contributed by atoms with Crippen LogP contribution in [0.1, 0.15) is 107 Å². The van der Waals surface area contributed by atoms with Gasteiger partial charge in [-0.1, -0.05) is 58.8 Å². The van der Waals surface area contributed by atoms with Gasteiger partial charge in [0.25, 0.3) is 0 Å². The van der Waals surface area contributed by atoms with E-state index in [0.29, 0.717) is 23.1 Å². The van der Waals surface area contributed by atoms with Crippen LogP contribution >= 0.6 is 0 Å². The lowest BCUT2D eigenvalue weighted by Crippen LogP contribution is -2.26. The van der Waals surface area contributed by atoms with Gasteiger partial charge in [-0.05, 0) is 68.7 Å². The van der Waals surface area contributed by atoms with Crippen molar-refractivity contribution in [2.75, 3.05) is 0 Å². The van der Waals surface area contributed by atoms with E-state index in [2.05, 4.69) is 23.8 Å². The van der Waals surface area contributed by atoms with Gasteiger partial charge in [-0.2, -0.15) is 0 Å². The summed E-state index contributed by atoms with van der Waals surface area (Å²) in [5, 5.41) is 9.50. The van der Waals surface area contributed by atoms with E-state index in [1.54, 1.807) is 12.3 Å². The summed E-state index contributed by atoms with van der Waals surface area (Å²) >= 11 is 0. The third-order valence-electron chi connectivity index (χ3n) is 7.07. The van der Waals surface area contributed by atoms with Crippen LogP contribution in [0.2, 0.25) is 0 Å². The molecule has 1 fully saturated rings. The molecular weight excluding hydrogens is 440 g/mol. The maximum atomic E-state index is 13.0. The molecule has 6 nitrogen and oxygen atoms in total. The zero-order valence-electron chi connectivity index (χ0n) is 21.3. The first-order valence-electron chi connectivity index (χ1n) is 13.4. The molecule has 0 amide bonds. The summed E-state index contributed by atoms with van der Waals surface area (Å²) in [6.45, 7) is 4.39. The number of hydrogen-bond donors (Lipinski definition) is 1. The number of carbonyl (C=O) groups is 2. The summed E-state index contributed by atoms with van der Waals surface area (Å²) < 4.78 is 5.85. The molecule has 0 aliphatic heterocycles. The van der Waals surface area contributed by atoms with Crippen LogP contribution < -0.4 is 4.74 Å². The fourth-order valence-electron chi connectivity index (χ4n) is 4.89. The number of carboxylic acid groups (broad SMARTS) is 1. The molecule has 6 heteroatoms. The average molecular weight is 481 g/mol. The van der Waals surface area contributed by atoms with E-state index < -0.39 is 5.97 Å². The van der Waals surface area contributed by atoms with Crippen LogP contribution in [-0.4, -0.2) is 27.0 Å². The molecule has 190 valence electrons. The van der Waals surface area contributed by atoms with Crippen LogP contribution in [0.15, 0.2) is 30.5 Å². The zero-order valence-corrected chi connectivity index (χ0v) is 21.3. The Morgan fingerprint density at radius 1 is 0.971 bits per heavy atom. The topological polar surface area (TPSA) is 89.4 Å². The van der Waals surface area contributed by atoms with Crippen molar-refractivity contribution in [1.82, 2.24) is 9.97 Å². The molecule has 2 aromatic rings. The minimum absolute atomic E-state index is 0.114. The van der Waals surface area contributed by atoms with Gasteiger partial charge >= 0.3 is 11.9 Å². The fraction of sp³-hybridized carbons (Fsp3) is 0.586. The van der Waals surface area contributed by atoms with E-state index in [1.807, 2.05) is 6.07 Å². The van der Waals surface area contributed by atoms with Crippen LogP contribution in [0.4, 0.5) is 0 Å². The van der Waals surface area contributed by atoms with E-state index in [9.17, 15) is 14.7 Å². The number of nitrogens with zero attached hydrogens (tertiary/aromatic N) is 2. The molecule has 1 heterocycles. The maximum Gasteiger partial charge on any atom is 0.335 e. The van der Waals surface area contributed by atoms with Gasteiger partial charge in [-0.25, -0.2) is 14.8 Å². The largest absolute Gasteiger partial charge is 0.478 e. The third-order valence-corrected chi connectivity index (χ3v) is 7.07. The average Bonchev–Trinajstić information content (AvgIpc) is 2.87. The number of aromatic nitrogens is 2. The quantitative estimate of drug-likeness (QED) is 0.184. The Hall–Kier alpha value is -2.76. The van der Waals surface area contributed by atoms with Gasteiger partial charge in [0.1, 0.15) is 5.75 Å². The molecule has 1 aliphatic carbocycles. The highest BCUT2D eigenvalue weighted by molar-refractivity contribution is 5.90.